The molecule has 0 aliphatic rings. The molecule has 21 heavy (non-hydrogen) atoms. The number of carbonyl (C=O) groups is 2. The highest BCUT2D eigenvalue weighted by atomic mass is 16.5. The predicted octanol–water partition coefficient (Wildman–Crippen LogP) is 2.01. The summed E-state index contributed by atoms with van der Waals surface area (Å²) in [6.07, 6.45) is 2.56. The summed E-state index contributed by atoms with van der Waals surface area (Å²) in [7, 11) is 0. The van der Waals surface area contributed by atoms with Crippen molar-refractivity contribution >= 4 is 18.0 Å². The lowest BCUT2D eigenvalue weighted by molar-refractivity contribution is -0.131. The third kappa shape index (κ3) is 4.31. The zero-order valence-corrected chi connectivity index (χ0v) is 11.4. The van der Waals surface area contributed by atoms with E-state index in [0.717, 1.165) is 17.2 Å². The third-order valence-corrected chi connectivity index (χ3v) is 2.68. The molecule has 1 aromatic heterocycles. The van der Waals surface area contributed by atoms with Crippen molar-refractivity contribution in [2.24, 2.45) is 0 Å². The Morgan fingerprint density at radius 1 is 1.38 bits per heavy atom. The van der Waals surface area contributed by atoms with E-state index in [4.69, 9.17) is 9.63 Å². The largest absolute Gasteiger partial charge is 0.478 e. The first kappa shape index (κ1) is 14.5. The molecule has 0 saturated carbocycles. The van der Waals surface area contributed by atoms with Crippen LogP contribution in [0.3, 0.4) is 0 Å². The van der Waals surface area contributed by atoms with E-state index in [-0.39, 0.29) is 11.6 Å². The van der Waals surface area contributed by atoms with Gasteiger partial charge in [-0.1, -0.05) is 23.4 Å². The molecule has 0 bridgehead atoms. The summed E-state index contributed by atoms with van der Waals surface area (Å²) in [5.41, 5.74) is 1.84. The van der Waals surface area contributed by atoms with Crippen molar-refractivity contribution in [2.45, 2.75) is 13.5 Å². The fourth-order valence-corrected chi connectivity index (χ4v) is 1.72. The number of carboxylic acid groups (broad SMARTS) is 1. The molecular weight excluding hydrogens is 272 g/mol. The maximum atomic E-state index is 11.8. The van der Waals surface area contributed by atoms with Crippen LogP contribution >= 0.6 is 0 Å². The lowest BCUT2D eigenvalue weighted by atomic mass is 10.1. The fraction of sp³-hybridized carbons (Fsp3) is 0.133. The smallest absolute Gasteiger partial charge is 0.328 e. The zero-order valence-electron chi connectivity index (χ0n) is 11.4. The van der Waals surface area contributed by atoms with Gasteiger partial charge in [-0.2, -0.15) is 0 Å². The van der Waals surface area contributed by atoms with E-state index in [1.165, 1.54) is 6.08 Å². The van der Waals surface area contributed by atoms with Crippen molar-refractivity contribution < 1.29 is 19.2 Å². The number of hydrogen-bond acceptors (Lipinski definition) is 4. The van der Waals surface area contributed by atoms with E-state index in [2.05, 4.69) is 10.5 Å². The molecule has 2 rings (SSSR count). The molecule has 6 nitrogen and oxygen atoms in total. The van der Waals surface area contributed by atoms with E-state index >= 15 is 0 Å². The second-order valence-electron chi connectivity index (χ2n) is 4.42. The summed E-state index contributed by atoms with van der Waals surface area (Å²) in [5, 5.41) is 14.9. The zero-order chi connectivity index (χ0) is 15.2. The molecule has 0 aliphatic heterocycles. The molecule has 2 aromatic rings. The molecule has 1 aromatic carbocycles. The quantitative estimate of drug-likeness (QED) is 0.820. The second-order valence-corrected chi connectivity index (χ2v) is 4.42. The van der Waals surface area contributed by atoms with Gasteiger partial charge >= 0.3 is 5.97 Å². The van der Waals surface area contributed by atoms with E-state index in [1.54, 1.807) is 31.2 Å². The fourth-order valence-electron chi connectivity index (χ4n) is 1.72. The van der Waals surface area contributed by atoms with Crippen LogP contribution in [0.1, 0.15) is 27.4 Å². The number of benzene rings is 1. The van der Waals surface area contributed by atoms with Gasteiger partial charge < -0.3 is 14.9 Å². The number of carbonyl (C=O) groups excluding carboxylic acids is 1. The summed E-state index contributed by atoms with van der Waals surface area (Å²) < 4.78 is 4.84. The Hall–Kier alpha value is -2.89. The Morgan fingerprint density at radius 2 is 2.19 bits per heavy atom. The maximum absolute atomic E-state index is 11.8. The van der Waals surface area contributed by atoms with Crippen LogP contribution in [-0.2, 0) is 11.3 Å². The predicted molar refractivity (Wildman–Crippen MR) is 75.5 cm³/mol. The van der Waals surface area contributed by atoms with Gasteiger partial charge in [0, 0.05) is 18.7 Å². The van der Waals surface area contributed by atoms with Crippen LogP contribution in [0.25, 0.3) is 6.08 Å². The van der Waals surface area contributed by atoms with Crippen molar-refractivity contribution in [3.05, 3.63) is 59.0 Å². The summed E-state index contributed by atoms with van der Waals surface area (Å²) in [4.78, 5) is 22.3. The van der Waals surface area contributed by atoms with Gasteiger partial charge in [0.2, 0.25) is 0 Å². The molecule has 0 radical (unpaired) electrons. The summed E-state index contributed by atoms with van der Waals surface area (Å²) >= 11 is 0. The van der Waals surface area contributed by atoms with Gasteiger partial charge in [0.05, 0.1) is 0 Å². The van der Waals surface area contributed by atoms with Gasteiger partial charge in [0.15, 0.2) is 5.69 Å². The molecule has 0 spiro atoms. The number of aliphatic carboxylic acids is 1. The molecule has 1 heterocycles. The number of hydrogen-bond donors (Lipinski definition) is 2. The molecule has 6 heteroatoms. The Morgan fingerprint density at radius 3 is 2.86 bits per heavy atom. The number of aryl methyl sites for hydroxylation is 1. The summed E-state index contributed by atoms with van der Waals surface area (Å²) in [6.45, 7) is 2.03. The minimum atomic E-state index is -1.00. The van der Waals surface area contributed by atoms with Crippen LogP contribution in [0.5, 0.6) is 0 Å². The Balaban J connectivity index is 1.98. The molecule has 2 N–H and O–H groups in total. The van der Waals surface area contributed by atoms with Gasteiger partial charge in [0.1, 0.15) is 5.76 Å². The first-order chi connectivity index (χ1) is 10.0. The van der Waals surface area contributed by atoms with Crippen LogP contribution in [0.4, 0.5) is 0 Å². The van der Waals surface area contributed by atoms with Crippen LogP contribution < -0.4 is 5.32 Å². The first-order valence-electron chi connectivity index (χ1n) is 6.26. The van der Waals surface area contributed by atoms with E-state index in [1.807, 2.05) is 6.07 Å². The molecule has 108 valence electrons. The number of carboxylic acids is 1. The molecule has 1 amide bonds. The molecule has 0 saturated heterocycles. The van der Waals surface area contributed by atoms with Crippen molar-refractivity contribution in [1.82, 2.24) is 10.5 Å². The normalized spacial score (nSPS) is 10.7. The van der Waals surface area contributed by atoms with Crippen molar-refractivity contribution in [3.63, 3.8) is 0 Å². The van der Waals surface area contributed by atoms with E-state index < -0.39 is 5.97 Å². The Bertz CT molecular complexity index is 688. The van der Waals surface area contributed by atoms with Crippen molar-refractivity contribution in [3.8, 4) is 0 Å². The molecule has 0 fully saturated rings. The van der Waals surface area contributed by atoms with Crippen LogP contribution in [0, 0.1) is 6.92 Å². The topological polar surface area (TPSA) is 92.4 Å². The number of nitrogens with one attached hydrogen (secondary N) is 1. The average molecular weight is 286 g/mol. The van der Waals surface area contributed by atoms with Crippen LogP contribution in [0.2, 0.25) is 0 Å². The van der Waals surface area contributed by atoms with E-state index in [9.17, 15) is 9.59 Å². The molecule has 0 atom stereocenters. The highest BCUT2D eigenvalue weighted by Crippen LogP contribution is 2.08. The molecular formula is C15H14N2O4. The number of rotatable bonds is 5. The number of aromatic nitrogens is 1. The Labute approximate surface area is 121 Å². The molecule has 0 unspecified atom stereocenters. The summed E-state index contributed by atoms with van der Waals surface area (Å²) in [6, 6.07) is 8.77. The highest BCUT2D eigenvalue weighted by molar-refractivity contribution is 5.92. The van der Waals surface area contributed by atoms with Crippen molar-refractivity contribution in [1.29, 1.82) is 0 Å². The average Bonchev–Trinajstić information content (AvgIpc) is 2.90. The number of amides is 1. The first-order valence-corrected chi connectivity index (χ1v) is 6.26. The minimum Gasteiger partial charge on any atom is -0.478 e. The van der Waals surface area contributed by atoms with Gasteiger partial charge in [-0.05, 0) is 30.2 Å². The van der Waals surface area contributed by atoms with Crippen LogP contribution in [-0.4, -0.2) is 22.1 Å². The third-order valence-electron chi connectivity index (χ3n) is 2.68. The van der Waals surface area contributed by atoms with Gasteiger partial charge in [-0.3, -0.25) is 4.79 Å². The Kier molecular flexibility index (Phi) is 4.50. The lowest BCUT2D eigenvalue weighted by Crippen LogP contribution is -2.23. The standard InChI is InChI=1S/C15H14N2O4/c1-10-7-13(17-21-10)15(20)16-9-12-4-2-3-11(8-12)5-6-14(18)19/h2-8H,9H2,1H3,(H,16,20)(H,18,19). The number of nitrogens with zero attached hydrogens (tertiary/aromatic N) is 1. The van der Waals surface area contributed by atoms with Gasteiger partial charge in [-0.25, -0.2) is 4.79 Å². The van der Waals surface area contributed by atoms with Crippen molar-refractivity contribution in [2.75, 3.05) is 0 Å². The monoisotopic (exact) mass is 286 g/mol. The lowest BCUT2D eigenvalue weighted by Gasteiger charge is -2.04. The van der Waals surface area contributed by atoms with Gasteiger partial charge in [-0.15, -0.1) is 0 Å². The maximum Gasteiger partial charge on any atom is 0.328 e. The highest BCUT2D eigenvalue weighted by Gasteiger charge is 2.10. The minimum absolute atomic E-state index is 0.231. The second kappa shape index (κ2) is 6.51. The summed E-state index contributed by atoms with van der Waals surface area (Å²) in [5.74, 6) is -0.755. The molecule has 0 aliphatic carbocycles. The van der Waals surface area contributed by atoms with Crippen LogP contribution in [0.15, 0.2) is 40.9 Å². The van der Waals surface area contributed by atoms with E-state index in [0.29, 0.717) is 12.3 Å². The SMILES string of the molecule is Cc1cc(C(=O)NCc2cccc(C=CC(=O)O)c2)no1. The van der Waals surface area contributed by atoms with Gasteiger partial charge in [0.25, 0.3) is 5.91 Å².